The molecule has 98 valence electrons. The van der Waals surface area contributed by atoms with Crippen molar-refractivity contribution in [2.75, 3.05) is 32.8 Å². The normalized spacial score (nSPS) is 24.9. The first kappa shape index (κ1) is 13.0. The standard InChI is InChI=1S/C14H25NO2/c16-12-14-3-8-15(9-4-14)7-1-2-13-5-10-17-11-6-13/h12-14H,1-11H2. The summed E-state index contributed by atoms with van der Waals surface area (Å²) in [6.07, 6.45) is 8.47. The van der Waals surface area contributed by atoms with Crippen LogP contribution in [0.4, 0.5) is 0 Å². The second-order valence-corrected chi connectivity index (χ2v) is 5.51. The number of carbonyl (C=O) groups excluding carboxylic acids is 1. The molecule has 0 N–H and O–H groups in total. The SMILES string of the molecule is O=CC1CCN(CCCC2CCOCC2)CC1. The van der Waals surface area contributed by atoms with Gasteiger partial charge in [-0.3, -0.25) is 0 Å². The van der Waals surface area contributed by atoms with Crippen LogP contribution in [0.15, 0.2) is 0 Å². The Labute approximate surface area is 105 Å². The molecule has 0 radical (unpaired) electrons. The predicted octanol–water partition coefficient (Wildman–Crippen LogP) is 2.10. The minimum atomic E-state index is 0.335. The summed E-state index contributed by atoms with van der Waals surface area (Å²) >= 11 is 0. The molecular weight excluding hydrogens is 214 g/mol. The van der Waals surface area contributed by atoms with E-state index in [9.17, 15) is 4.79 Å². The molecule has 3 nitrogen and oxygen atoms in total. The van der Waals surface area contributed by atoms with Crippen molar-refractivity contribution < 1.29 is 9.53 Å². The molecule has 0 amide bonds. The number of hydrogen-bond donors (Lipinski definition) is 0. The van der Waals surface area contributed by atoms with Crippen molar-refractivity contribution in [3.63, 3.8) is 0 Å². The van der Waals surface area contributed by atoms with E-state index in [2.05, 4.69) is 4.90 Å². The summed E-state index contributed by atoms with van der Waals surface area (Å²) < 4.78 is 5.38. The van der Waals surface area contributed by atoms with Gasteiger partial charge >= 0.3 is 0 Å². The number of rotatable bonds is 5. The first-order valence-corrected chi connectivity index (χ1v) is 7.14. The molecule has 0 atom stereocenters. The van der Waals surface area contributed by atoms with Crippen LogP contribution in [0.3, 0.4) is 0 Å². The van der Waals surface area contributed by atoms with Crippen LogP contribution in [0.2, 0.25) is 0 Å². The van der Waals surface area contributed by atoms with Crippen molar-refractivity contribution in [3.8, 4) is 0 Å². The Hall–Kier alpha value is -0.410. The quantitative estimate of drug-likeness (QED) is 0.688. The van der Waals surface area contributed by atoms with Gasteiger partial charge in [-0.2, -0.15) is 0 Å². The lowest BCUT2D eigenvalue weighted by atomic mass is 9.94. The highest BCUT2D eigenvalue weighted by Gasteiger charge is 2.19. The fraction of sp³-hybridized carbons (Fsp3) is 0.929. The topological polar surface area (TPSA) is 29.5 Å². The Balaban J connectivity index is 1.54. The van der Waals surface area contributed by atoms with Gasteiger partial charge in [0.15, 0.2) is 0 Å². The van der Waals surface area contributed by atoms with Crippen molar-refractivity contribution in [3.05, 3.63) is 0 Å². The van der Waals surface area contributed by atoms with E-state index in [4.69, 9.17) is 4.74 Å². The van der Waals surface area contributed by atoms with Gasteiger partial charge in [-0.1, -0.05) is 0 Å². The number of piperidine rings is 1. The highest BCUT2D eigenvalue weighted by Crippen LogP contribution is 2.21. The molecule has 0 aromatic heterocycles. The molecule has 17 heavy (non-hydrogen) atoms. The first-order valence-electron chi connectivity index (χ1n) is 7.14. The van der Waals surface area contributed by atoms with Crippen LogP contribution in [0.25, 0.3) is 0 Å². The molecule has 0 aromatic rings. The van der Waals surface area contributed by atoms with Gasteiger partial charge in [0.25, 0.3) is 0 Å². The molecular formula is C14H25NO2. The predicted molar refractivity (Wildman–Crippen MR) is 68.0 cm³/mol. The van der Waals surface area contributed by atoms with Crippen molar-refractivity contribution in [2.24, 2.45) is 11.8 Å². The van der Waals surface area contributed by atoms with Crippen LogP contribution in [-0.2, 0) is 9.53 Å². The van der Waals surface area contributed by atoms with Crippen LogP contribution in [0.5, 0.6) is 0 Å². The Morgan fingerprint density at radius 3 is 2.47 bits per heavy atom. The van der Waals surface area contributed by atoms with E-state index in [0.717, 1.165) is 51.3 Å². The molecule has 0 aromatic carbocycles. The van der Waals surface area contributed by atoms with E-state index in [-0.39, 0.29) is 0 Å². The number of nitrogens with zero attached hydrogens (tertiary/aromatic N) is 1. The van der Waals surface area contributed by atoms with Crippen molar-refractivity contribution in [2.45, 2.75) is 38.5 Å². The van der Waals surface area contributed by atoms with Gasteiger partial charge in [-0.15, -0.1) is 0 Å². The van der Waals surface area contributed by atoms with Gasteiger partial charge in [0.2, 0.25) is 0 Å². The summed E-state index contributed by atoms with van der Waals surface area (Å²) in [6.45, 7) is 5.40. The molecule has 2 heterocycles. The summed E-state index contributed by atoms with van der Waals surface area (Å²) in [7, 11) is 0. The molecule has 2 rings (SSSR count). The monoisotopic (exact) mass is 239 g/mol. The van der Waals surface area contributed by atoms with Gasteiger partial charge in [0.1, 0.15) is 6.29 Å². The van der Waals surface area contributed by atoms with Crippen LogP contribution in [0, 0.1) is 11.8 Å². The first-order chi connectivity index (χ1) is 8.38. The molecule has 0 saturated carbocycles. The van der Waals surface area contributed by atoms with Crippen LogP contribution >= 0.6 is 0 Å². The molecule has 2 aliphatic heterocycles. The summed E-state index contributed by atoms with van der Waals surface area (Å²) in [6, 6.07) is 0. The molecule has 2 fully saturated rings. The van der Waals surface area contributed by atoms with E-state index < -0.39 is 0 Å². The van der Waals surface area contributed by atoms with E-state index in [1.807, 2.05) is 0 Å². The van der Waals surface area contributed by atoms with Gasteiger partial charge < -0.3 is 14.4 Å². The van der Waals surface area contributed by atoms with E-state index >= 15 is 0 Å². The van der Waals surface area contributed by atoms with E-state index in [1.165, 1.54) is 32.2 Å². The highest BCUT2D eigenvalue weighted by atomic mass is 16.5. The van der Waals surface area contributed by atoms with Gasteiger partial charge in [-0.25, -0.2) is 0 Å². The third kappa shape index (κ3) is 4.40. The summed E-state index contributed by atoms with van der Waals surface area (Å²) in [5.74, 6) is 1.23. The Bertz CT molecular complexity index is 218. The number of hydrogen-bond acceptors (Lipinski definition) is 3. The maximum absolute atomic E-state index is 10.7. The summed E-state index contributed by atoms with van der Waals surface area (Å²) in [5, 5.41) is 0. The van der Waals surface area contributed by atoms with Crippen LogP contribution < -0.4 is 0 Å². The largest absolute Gasteiger partial charge is 0.381 e. The smallest absolute Gasteiger partial charge is 0.123 e. The molecule has 3 heteroatoms. The van der Waals surface area contributed by atoms with Crippen LogP contribution in [0.1, 0.15) is 38.5 Å². The lowest BCUT2D eigenvalue weighted by Crippen LogP contribution is -2.35. The lowest BCUT2D eigenvalue weighted by Gasteiger charge is -2.30. The summed E-state index contributed by atoms with van der Waals surface area (Å²) in [4.78, 5) is 13.2. The van der Waals surface area contributed by atoms with Gasteiger partial charge in [-0.05, 0) is 64.1 Å². The zero-order chi connectivity index (χ0) is 11.9. The third-order valence-corrected chi connectivity index (χ3v) is 4.25. The fourth-order valence-corrected chi connectivity index (χ4v) is 2.95. The Kier molecular flexibility index (Phi) is 5.46. The maximum atomic E-state index is 10.7. The fourth-order valence-electron chi connectivity index (χ4n) is 2.95. The van der Waals surface area contributed by atoms with Crippen molar-refractivity contribution in [1.29, 1.82) is 0 Å². The number of carbonyl (C=O) groups is 1. The average Bonchev–Trinajstić information content (AvgIpc) is 2.41. The van der Waals surface area contributed by atoms with Crippen molar-refractivity contribution in [1.82, 2.24) is 4.90 Å². The zero-order valence-corrected chi connectivity index (χ0v) is 10.8. The molecule has 0 bridgehead atoms. The summed E-state index contributed by atoms with van der Waals surface area (Å²) in [5.41, 5.74) is 0. The second kappa shape index (κ2) is 7.12. The maximum Gasteiger partial charge on any atom is 0.123 e. The third-order valence-electron chi connectivity index (χ3n) is 4.25. The van der Waals surface area contributed by atoms with Crippen molar-refractivity contribution >= 4 is 6.29 Å². The van der Waals surface area contributed by atoms with Crippen LogP contribution in [-0.4, -0.2) is 44.0 Å². The Morgan fingerprint density at radius 2 is 1.82 bits per heavy atom. The molecule has 2 aliphatic rings. The molecule has 0 spiro atoms. The van der Waals surface area contributed by atoms with E-state index in [1.54, 1.807) is 0 Å². The number of ether oxygens (including phenoxy) is 1. The number of aldehydes is 1. The molecule has 0 aliphatic carbocycles. The van der Waals surface area contributed by atoms with E-state index in [0.29, 0.717) is 5.92 Å². The highest BCUT2D eigenvalue weighted by molar-refractivity contribution is 5.53. The van der Waals surface area contributed by atoms with Gasteiger partial charge in [0.05, 0.1) is 0 Å². The minimum Gasteiger partial charge on any atom is -0.381 e. The molecule has 0 unspecified atom stereocenters. The lowest BCUT2D eigenvalue weighted by molar-refractivity contribution is -0.112. The van der Waals surface area contributed by atoms with Gasteiger partial charge in [0, 0.05) is 19.1 Å². The zero-order valence-electron chi connectivity index (χ0n) is 10.8. The second-order valence-electron chi connectivity index (χ2n) is 5.51. The average molecular weight is 239 g/mol. The minimum absolute atomic E-state index is 0.335. The molecule has 2 saturated heterocycles. The Morgan fingerprint density at radius 1 is 1.12 bits per heavy atom. The number of likely N-dealkylation sites (tertiary alicyclic amines) is 1.